The SMILES string of the molecule is CC(O)CCNc1ccc(N)nn1. The maximum Gasteiger partial charge on any atom is 0.148 e. The molecular formula is C8H14N4O. The number of hydrogen-bond acceptors (Lipinski definition) is 5. The summed E-state index contributed by atoms with van der Waals surface area (Å²) in [5.74, 6) is 1.08. The summed E-state index contributed by atoms with van der Waals surface area (Å²) < 4.78 is 0. The van der Waals surface area contributed by atoms with Crippen LogP contribution in [0.5, 0.6) is 0 Å². The third kappa shape index (κ3) is 3.71. The van der Waals surface area contributed by atoms with Gasteiger partial charge < -0.3 is 16.2 Å². The molecule has 1 unspecified atom stereocenters. The third-order valence-electron chi connectivity index (χ3n) is 1.55. The number of aromatic nitrogens is 2. The molecule has 0 saturated carbocycles. The molecule has 0 fully saturated rings. The van der Waals surface area contributed by atoms with Gasteiger partial charge in [-0.25, -0.2) is 0 Å². The first-order valence-corrected chi connectivity index (χ1v) is 4.19. The Bertz CT molecular complexity index is 247. The van der Waals surface area contributed by atoms with Crippen molar-refractivity contribution in [1.29, 1.82) is 0 Å². The van der Waals surface area contributed by atoms with Crippen LogP contribution in [0.15, 0.2) is 12.1 Å². The topological polar surface area (TPSA) is 84.1 Å². The smallest absolute Gasteiger partial charge is 0.148 e. The lowest BCUT2D eigenvalue weighted by atomic mass is 10.3. The van der Waals surface area contributed by atoms with Crippen LogP contribution in [0, 0.1) is 0 Å². The van der Waals surface area contributed by atoms with E-state index in [-0.39, 0.29) is 6.10 Å². The summed E-state index contributed by atoms with van der Waals surface area (Å²) in [6.45, 7) is 2.42. The van der Waals surface area contributed by atoms with E-state index in [0.717, 1.165) is 0 Å². The maximum atomic E-state index is 8.98. The van der Waals surface area contributed by atoms with Crippen LogP contribution in [0.1, 0.15) is 13.3 Å². The first-order chi connectivity index (χ1) is 6.18. The number of aliphatic hydroxyl groups excluding tert-OH is 1. The van der Waals surface area contributed by atoms with Crippen molar-refractivity contribution >= 4 is 11.6 Å². The molecule has 1 aromatic rings. The first-order valence-electron chi connectivity index (χ1n) is 4.19. The lowest BCUT2D eigenvalue weighted by Gasteiger charge is -2.05. The highest BCUT2D eigenvalue weighted by molar-refractivity contribution is 5.38. The molecule has 0 amide bonds. The van der Waals surface area contributed by atoms with Crippen molar-refractivity contribution in [2.24, 2.45) is 0 Å². The molecule has 5 nitrogen and oxygen atoms in total. The van der Waals surface area contributed by atoms with Crippen LogP contribution in [-0.4, -0.2) is 28.0 Å². The summed E-state index contributed by atoms with van der Waals surface area (Å²) in [7, 11) is 0. The molecule has 0 aromatic carbocycles. The van der Waals surface area contributed by atoms with Crippen LogP contribution >= 0.6 is 0 Å². The van der Waals surface area contributed by atoms with Crippen molar-refractivity contribution < 1.29 is 5.11 Å². The van der Waals surface area contributed by atoms with Crippen LogP contribution in [0.4, 0.5) is 11.6 Å². The molecule has 72 valence electrons. The molecule has 1 heterocycles. The van der Waals surface area contributed by atoms with Crippen LogP contribution in [0.2, 0.25) is 0 Å². The van der Waals surface area contributed by atoms with Crippen LogP contribution < -0.4 is 11.1 Å². The highest BCUT2D eigenvalue weighted by Crippen LogP contribution is 2.02. The van der Waals surface area contributed by atoms with Crippen LogP contribution in [-0.2, 0) is 0 Å². The number of nitrogen functional groups attached to an aromatic ring is 1. The minimum atomic E-state index is -0.297. The molecule has 0 aliphatic carbocycles. The van der Waals surface area contributed by atoms with Crippen molar-refractivity contribution in [3.8, 4) is 0 Å². The average molecular weight is 182 g/mol. The van der Waals surface area contributed by atoms with E-state index >= 15 is 0 Å². The van der Waals surface area contributed by atoms with Gasteiger partial charge in [0.2, 0.25) is 0 Å². The average Bonchev–Trinajstić information content (AvgIpc) is 2.08. The summed E-state index contributed by atoms with van der Waals surface area (Å²) in [6.07, 6.45) is 0.390. The fraction of sp³-hybridized carbons (Fsp3) is 0.500. The van der Waals surface area contributed by atoms with Gasteiger partial charge in [-0.05, 0) is 25.5 Å². The lowest BCUT2D eigenvalue weighted by Crippen LogP contribution is -2.11. The predicted molar refractivity (Wildman–Crippen MR) is 51.2 cm³/mol. The Balaban J connectivity index is 2.33. The Hall–Kier alpha value is -1.36. The van der Waals surface area contributed by atoms with E-state index in [1.807, 2.05) is 0 Å². The Morgan fingerprint density at radius 2 is 2.31 bits per heavy atom. The van der Waals surface area contributed by atoms with Crippen molar-refractivity contribution in [2.45, 2.75) is 19.4 Å². The molecule has 0 radical (unpaired) electrons. The molecule has 5 heteroatoms. The zero-order valence-electron chi connectivity index (χ0n) is 7.57. The van der Waals surface area contributed by atoms with Crippen molar-refractivity contribution in [3.63, 3.8) is 0 Å². The van der Waals surface area contributed by atoms with Gasteiger partial charge in [0.25, 0.3) is 0 Å². The Labute approximate surface area is 77.0 Å². The number of hydrogen-bond donors (Lipinski definition) is 3. The highest BCUT2D eigenvalue weighted by atomic mass is 16.3. The molecule has 1 atom stereocenters. The number of nitrogens with one attached hydrogen (secondary N) is 1. The zero-order valence-corrected chi connectivity index (χ0v) is 7.57. The largest absolute Gasteiger partial charge is 0.393 e. The van der Waals surface area contributed by atoms with Crippen molar-refractivity contribution in [1.82, 2.24) is 10.2 Å². The maximum absolute atomic E-state index is 8.98. The molecule has 0 saturated heterocycles. The monoisotopic (exact) mass is 182 g/mol. The Morgan fingerprint density at radius 3 is 2.85 bits per heavy atom. The summed E-state index contributed by atoms with van der Waals surface area (Å²) in [6, 6.07) is 3.43. The van der Waals surface area contributed by atoms with E-state index in [1.165, 1.54) is 0 Å². The summed E-state index contributed by atoms with van der Waals surface area (Å²) in [5.41, 5.74) is 5.36. The van der Waals surface area contributed by atoms with Gasteiger partial charge in [0, 0.05) is 6.54 Å². The molecule has 13 heavy (non-hydrogen) atoms. The van der Waals surface area contributed by atoms with Crippen LogP contribution in [0.3, 0.4) is 0 Å². The molecule has 0 bridgehead atoms. The third-order valence-corrected chi connectivity index (χ3v) is 1.55. The van der Waals surface area contributed by atoms with Gasteiger partial charge in [0.15, 0.2) is 0 Å². The minimum absolute atomic E-state index is 0.297. The number of nitrogens with two attached hydrogens (primary N) is 1. The highest BCUT2D eigenvalue weighted by Gasteiger charge is 1.96. The first kappa shape index (κ1) is 9.73. The Morgan fingerprint density at radius 1 is 1.54 bits per heavy atom. The van der Waals surface area contributed by atoms with E-state index in [4.69, 9.17) is 10.8 Å². The van der Waals surface area contributed by atoms with E-state index in [1.54, 1.807) is 19.1 Å². The number of aliphatic hydroxyl groups is 1. The Kier molecular flexibility index (Phi) is 3.45. The summed E-state index contributed by atoms with van der Waals surface area (Å²) in [4.78, 5) is 0. The van der Waals surface area contributed by atoms with Gasteiger partial charge in [0.05, 0.1) is 6.10 Å². The van der Waals surface area contributed by atoms with Gasteiger partial charge >= 0.3 is 0 Å². The number of anilines is 2. The minimum Gasteiger partial charge on any atom is -0.393 e. The second-order valence-corrected chi connectivity index (χ2v) is 2.91. The van der Waals surface area contributed by atoms with Gasteiger partial charge in [-0.3, -0.25) is 0 Å². The molecular weight excluding hydrogens is 168 g/mol. The summed E-state index contributed by atoms with van der Waals surface area (Å²) >= 11 is 0. The van der Waals surface area contributed by atoms with E-state index < -0.39 is 0 Å². The second kappa shape index (κ2) is 4.61. The van der Waals surface area contributed by atoms with E-state index in [2.05, 4.69) is 15.5 Å². The van der Waals surface area contributed by atoms with E-state index in [0.29, 0.717) is 24.6 Å². The summed E-state index contributed by atoms with van der Waals surface area (Å²) in [5, 5.41) is 19.5. The fourth-order valence-corrected chi connectivity index (χ4v) is 0.846. The molecule has 0 aliphatic rings. The van der Waals surface area contributed by atoms with E-state index in [9.17, 15) is 0 Å². The molecule has 1 aromatic heterocycles. The lowest BCUT2D eigenvalue weighted by molar-refractivity contribution is 0.188. The van der Waals surface area contributed by atoms with Gasteiger partial charge in [0.1, 0.15) is 11.6 Å². The quantitative estimate of drug-likeness (QED) is 0.621. The normalized spacial score (nSPS) is 12.5. The molecule has 0 aliphatic heterocycles. The predicted octanol–water partition coefficient (Wildman–Crippen LogP) is 0.242. The van der Waals surface area contributed by atoms with Gasteiger partial charge in [-0.15, -0.1) is 10.2 Å². The van der Waals surface area contributed by atoms with Crippen molar-refractivity contribution in [3.05, 3.63) is 12.1 Å². The van der Waals surface area contributed by atoms with Crippen LogP contribution in [0.25, 0.3) is 0 Å². The number of nitrogens with zero attached hydrogens (tertiary/aromatic N) is 2. The van der Waals surface area contributed by atoms with Gasteiger partial charge in [-0.2, -0.15) is 0 Å². The standard InChI is InChI=1S/C8H14N4O/c1-6(13)4-5-10-8-3-2-7(9)11-12-8/h2-3,6,13H,4-5H2,1H3,(H2,9,11)(H,10,12). The zero-order chi connectivity index (χ0) is 9.68. The second-order valence-electron chi connectivity index (χ2n) is 2.91. The molecule has 4 N–H and O–H groups in total. The van der Waals surface area contributed by atoms with Gasteiger partial charge in [-0.1, -0.05) is 0 Å². The fourth-order valence-electron chi connectivity index (χ4n) is 0.846. The molecule has 0 spiro atoms. The van der Waals surface area contributed by atoms with Crippen molar-refractivity contribution in [2.75, 3.05) is 17.6 Å². The molecule has 1 rings (SSSR count). The number of rotatable bonds is 4.